The molecule has 2 aromatic heterocycles. The first-order valence-corrected chi connectivity index (χ1v) is 6.87. The predicted octanol–water partition coefficient (Wildman–Crippen LogP) is 2.62. The van der Waals surface area contributed by atoms with Crippen LogP contribution in [0, 0.1) is 0 Å². The number of carbonyl (C=O) groups is 1. The number of aromatic amines is 2. The Labute approximate surface area is 120 Å². The number of carbonyl (C=O) groups excluding carboxylic acids is 1. The van der Waals surface area contributed by atoms with Crippen molar-refractivity contribution < 1.29 is 9.53 Å². The van der Waals surface area contributed by atoms with Crippen molar-refractivity contribution in [2.45, 2.75) is 18.8 Å². The minimum absolute atomic E-state index is 0.361. The summed E-state index contributed by atoms with van der Waals surface area (Å²) in [4.78, 5) is 12.0. The first kappa shape index (κ1) is 12.1. The molecule has 2 heterocycles. The first-order chi connectivity index (χ1) is 10.3. The van der Waals surface area contributed by atoms with Crippen LogP contribution in [0.1, 0.15) is 34.8 Å². The monoisotopic (exact) mass is 282 g/mol. The number of hydrogen-bond acceptors (Lipinski definition) is 4. The van der Waals surface area contributed by atoms with Crippen LogP contribution in [0.4, 0.5) is 0 Å². The molecule has 6 heteroatoms. The van der Waals surface area contributed by atoms with E-state index in [1.54, 1.807) is 6.20 Å². The smallest absolute Gasteiger partial charge is 0.338 e. The molecule has 0 radical (unpaired) electrons. The van der Waals surface area contributed by atoms with E-state index in [9.17, 15) is 4.79 Å². The maximum atomic E-state index is 12.0. The van der Waals surface area contributed by atoms with Crippen LogP contribution in [-0.2, 0) is 4.74 Å². The lowest BCUT2D eigenvalue weighted by atomic mass is 9.99. The molecule has 1 aliphatic carbocycles. The number of fused-ring (bicyclic) bond motifs is 1. The van der Waals surface area contributed by atoms with Crippen molar-refractivity contribution in [3.05, 3.63) is 35.8 Å². The van der Waals surface area contributed by atoms with Gasteiger partial charge in [-0.3, -0.25) is 10.2 Å². The molecule has 2 N–H and O–H groups in total. The van der Waals surface area contributed by atoms with Gasteiger partial charge >= 0.3 is 5.97 Å². The summed E-state index contributed by atoms with van der Waals surface area (Å²) in [6, 6.07) is 3.84. The molecule has 0 amide bonds. The number of esters is 1. The van der Waals surface area contributed by atoms with Gasteiger partial charge in [-0.15, -0.1) is 0 Å². The van der Waals surface area contributed by atoms with Gasteiger partial charge in [0.25, 0.3) is 0 Å². The Hall–Kier alpha value is -2.63. The van der Waals surface area contributed by atoms with Gasteiger partial charge in [0, 0.05) is 22.6 Å². The molecule has 106 valence electrons. The SMILES string of the molecule is COC(=O)c1cc(-c2cn[nH]c2C2CC2)cc2[nH]ncc12. The van der Waals surface area contributed by atoms with Crippen LogP contribution in [0.5, 0.6) is 0 Å². The van der Waals surface area contributed by atoms with Gasteiger partial charge in [-0.2, -0.15) is 10.2 Å². The fraction of sp³-hybridized carbons (Fsp3) is 0.267. The highest BCUT2D eigenvalue weighted by Gasteiger charge is 2.28. The van der Waals surface area contributed by atoms with Crippen molar-refractivity contribution >= 4 is 16.9 Å². The Kier molecular flexibility index (Phi) is 2.57. The largest absolute Gasteiger partial charge is 0.465 e. The molecule has 1 fully saturated rings. The normalized spacial score (nSPS) is 14.5. The van der Waals surface area contributed by atoms with Crippen molar-refractivity contribution in [2.24, 2.45) is 0 Å². The third kappa shape index (κ3) is 1.91. The average molecular weight is 282 g/mol. The molecule has 1 aliphatic rings. The quantitative estimate of drug-likeness (QED) is 0.723. The van der Waals surface area contributed by atoms with E-state index in [-0.39, 0.29) is 5.97 Å². The van der Waals surface area contributed by atoms with Crippen LogP contribution < -0.4 is 0 Å². The Morgan fingerprint density at radius 2 is 2.05 bits per heavy atom. The fourth-order valence-electron chi connectivity index (χ4n) is 2.69. The summed E-state index contributed by atoms with van der Waals surface area (Å²) >= 11 is 0. The molecule has 6 nitrogen and oxygen atoms in total. The Morgan fingerprint density at radius 1 is 1.24 bits per heavy atom. The van der Waals surface area contributed by atoms with Gasteiger partial charge < -0.3 is 4.74 Å². The minimum Gasteiger partial charge on any atom is -0.465 e. The van der Waals surface area contributed by atoms with Gasteiger partial charge in [0.1, 0.15) is 0 Å². The number of hydrogen-bond donors (Lipinski definition) is 2. The summed E-state index contributed by atoms with van der Waals surface area (Å²) in [5.74, 6) is 0.196. The van der Waals surface area contributed by atoms with Crippen molar-refractivity contribution in [3.8, 4) is 11.1 Å². The maximum Gasteiger partial charge on any atom is 0.338 e. The number of ether oxygens (including phenoxy) is 1. The Bertz CT molecular complexity index is 829. The topological polar surface area (TPSA) is 83.7 Å². The fourth-order valence-corrected chi connectivity index (χ4v) is 2.69. The highest BCUT2D eigenvalue weighted by atomic mass is 16.5. The van der Waals surface area contributed by atoms with Gasteiger partial charge in [-0.05, 0) is 30.5 Å². The second kappa shape index (κ2) is 4.44. The molecule has 3 aromatic rings. The van der Waals surface area contributed by atoms with Crippen LogP contribution in [-0.4, -0.2) is 33.5 Å². The summed E-state index contributed by atoms with van der Waals surface area (Å²) < 4.78 is 4.87. The molecule has 0 unspecified atom stereocenters. The number of aromatic nitrogens is 4. The first-order valence-electron chi connectivity index (χ1n) is 6.87. The summed E-state index contributed by atoms with van der Waals surface area (Å²) in [5.41, 5.74) is 4.46. The van der Waals surface area contributed by atoms with Gasteiger partial charge in [-0.25, -0.2) is 4.79 Å². The molecule has 21 heavy (non-hydrogen) atoms. The second-order valence-electron chi connectivity index (χ2n) is 5.32. The molecule has 0 saturated heterocycles. The highest BCUT2D eigenvalue weighted by Crippen LogP contribution is 2.43. The van der Waals surface area contributed by atoms with E-state index in [1.165, 1.54) is 20.0 Å². The van der Waals surface area contributed by atoms with Crippen molar-refractivity contribution in [1.29, 1.82) is 0 Å². The zero-order valence-electron chi connectivity index (χ0n) is 11.5. The number of benzene rings is 1. The highest BCUT2D eigenvalue weighted by molar-refractivity contribution is 6.05. The summed E-state index contributed by atoms with van der Waals surface area (Å²) in [6.07, 6.45) is 5.82. The van der Waals surface area contributed by atoms with Crippen LogP contribution in [0.15, 0.2) is 24.5 Å². The number of H-pyrrole nitrogens is 2. The zero-order chi connectivity index (χ0) is 14.4. The lowest BCUT2D eigenvalue weighted by Gasteiger charge is -2.06. The van der Waals surface area contributed by atoms with Gasteiger partial charge in [0.2, 0.25) is 0 Å². The predicted molar refractivity (Wildman–Crippen MR) is 77.0 cm³/mol. The van der Waals surface area contributed by atoms with Crippen molar-refractivity contribution in [2.75, 3.05) is 7.11 Å². The van der Waals surface area contributed by atoms with E-state index in [0.29, 0.717) is 11.5 Å². The molecule has 0 spiro atoms. The third-order valence-electron chi connectivity index (χ3n) is 3.93. The number of nitrogens with one attached hydrogen (secondary N) is 2. The van der Waals surface area contributed by atoms with E-state index in [1.807, 2.05) is 18.3 Å². The molecule has 1 saturated carbocycles. The number of methoxy groups -OCH3 is 1. The van der Waals surface area contributed by atoms with Gasteiger partial charge in [0.15, 0.2) is 0 Å². The Morgan fingerprint density at radius 3 is 2.81 bits per heavy atom. The lowest BCUT2D eigenvalue weighted by molar-refractivity contribution is 0.0603. The molecule has 0 bridgehead atoms. The molecular formula is C15H14N4O2. The van der Waals surface area contributed by atoms with Crippen LogP contribution in [0.25, 0.3) is 22.0 Å². The zero-order valence-corrected chi connectivity index (χ0v) is 11.5. The summed E-state index contributed by atoms with van der Waals surface area (Å²) in [6.45, 7) is 0. The standard InChI is InChI=1S/C15H14N4O2/c1-21-15(20)10-4-9(5-13-12(10)7-16-18-13)11-6-17-19-14(11)8-2-3-8/h4-8H,2-3H2,1H3,(H,16,18)(H,17,19). The molecule has 1 aromatic carbocycles. The van der Waals surface area contributed by atoms with E-state index in [0.717, 1.165) is 27.7 Å². The van der Waals surface area contributed by atoms with Crippen molar-refractivity contribution in [1.82, 2.24) is 20.4 Å². The Balaban J connectivity index is 1.92. The maximum absolute atomic E-state index is 12.0. The van der Waals surface area contributed by atoms with Gasteiger partial charge in [-0.1, -0.05) is 0 Å². The van der Waals surface area contributed by atoms with E-state index in [2.05, 4.69) is 20.4 Å². The molecule has 0 aliphatic heterocycles. The minimum atomic E-state index is -0.361. The van der Waals surface area contributed by atoms with E-state index < -0.39 is 0 Å². The van der Waals surface area contributed by atoms with Crippen LogP contribution in [0.3, 0.4) is 0 Å². The third-order valence-corrected chi connectivity index (χ3v) is 3.93. The summed E-state index contributed by atoms with van der Waals surface area (Å²) in [5, 5.41) is 14.9. The van der Waals surface area contributed by atoms with Crippen LogP contribution in [0.2, 0.25) is 0 Å². The number of nitrogens with zero attached hydrogens (tertiary/aromatic N) is 2. The molecule has 0 atom stereocenters. The number of rotatable bonds is 3. The van der Waals surface area contributed by atoms with E-state index >= 15 is 0 Å². The van der Waals surface area contributed by atoms with Gasteiger partial charge in [0.05, 0.1) is 30.6 Å². The lowest BCUT2D eigenvalue weighted by Crippen LogP contribution is -2.02. The van der Waals surface area contributed by atoms with Crippen molar-refractivity contribution in [3.63, 3.8) is 0 Å². The molecule has 4 rings (SSSR count). The second-order valence-corrected chi connectivity index (χ2v) is 5.32. The van der Waals surface area contributed by atoms with Crippen LogP contribution >= 0.6 is 0 Å². The molecular weight excluding hydrogens is 268 g/mol. The summed E-state index contributed by atoms with van der Waals surface area (Å²) in [7, 11) is 1.38. The average Bonchev–Trinajstić information content (AvgIpc) is 3.04. The van der Waals surface area contributed by atoms with E-state index in [4.69, 9.17) is 4.74 Å².